The topological polar surface area (TPSA) is 0 Å². The van der Waals surface area contributed by atoms with E-state index < -0.39 is 41.5 Å². The molecule has 0 aromatic heterocycles. The van der Waals surface area contributed by atoms with E-state index in [1.54, 1.807) is 0 Å². The minimum Gasteiger partial charge on any atom is -0.0620 e. The van der Waals surface area contributed by atoms with Gasteiger partial charge in [-0.15, -0.1) is 0 Å². The summed E-state index contributed by atoms with van der Waals surface area (Å²) in [7, 11) is -4.56. The maximum Gasteiger partial charge on any atom is 0.0383 e. The molecule has 0 aliphatic heterocycles. The highest BCUT2D eigenvalue weighted by Gasteiger charge is 2.64. The van der Waals surface area contributed by atoms with Crippen molar-refractivity contribution in [1.82, 2.24) is 0 Å². The third-order valence-corrected chi connectivity index (χ3v) is 29.7. The maximum absolute atomic E-state index is 2.82. The lowest BCUT2D eigenvalue weighted by Gasteiger charge is -2.62. The van der Waals surface area contributed by atoms with Gasteiger partial charge in [0.25, 0.3) is 0 Å². The first-order valence-electron chi connectivity index (χ1n) is 22.6. The van der Waals surface area contributed by atoms with Crippen molar-refractivity contribution in [2.24, 2.45) is 0 Å². The zero-order chi connectivity index (χ0) is 45.2. The van der Waals surface area contributed by atoms with E-state index in [-0.39, 0.29) is 0 Å². The number of aryl methyl sites for hydroxylation is 8. The van der Waals surface area contributed by atoms with Gasteiger partial charge in [0.15, 0.2) is 0 Å². The lowest BCUT2D eigenvalue weighted by molar-refractivity contribution is 0.780. The molecule has 0 N–H and O–H groups in total. The van der Waals surface area contributed by atoms with Gasteiger partial charge in [-0.3, -0.25) is 0 Å². The van der Waals surface area contributed by atoms with Crippen molar-refractivity contribution in [3.05, 3.63) is 239 Å². The summed E-state index contributed by atoms with van der Waals surface area (Å²) < 4.78 is 0. The van der Waals surface area contributed by atoms with Gasteiger partial charge in [-0.25, -0.2) is 0 Å². The van der Waals surface area contributed by atoms with Crippen LogP contribution < -0.4 is 42.4 Å². The molecule has 0 radical (unpaired) electrons. The van der Waals surface area contributed by atoms with Gasteiger partial charge >= 0.3 is 0 Å². The Morgan fingerprint density at radius 1 is 0.203 bits per heavy atom. The van der Waals surface area contributed by atoms with E-state index in [0.29, 0.717) is 0 Å². The average molecular weight is 907 g/mol. The normalized spacial score (nSPS) is 12.2. The molecule has 8 aromatic rings. The summed E-state index contributed by atoms with van der Waals surface area (Å²) in [6.45, 7) is 24.7. The lowest BCUT2D eigenvalue weighted by atomic mass is 10.2. The van der Waals surface area contributed by atoms with Crippen LogP contribution >= 0.6 is 31.7 Å². The molecule has 0 aliphatic rings. The van der Waals surface area contributed by atoms with Crippen LogP contribution in [0.2, 0.25) is 0 Å². The van der Waals surface area contributed by atoms with Gasteiger partial charge in [-0.1, -0.05) is 194 Å². The Morgan fingerprint density at radius 2 is 0.312 bits per heavy atom. The van der Waals surface area contributed by atoms with Crippen molar-refractivity contribution in [3.63, 3.8) is 0 Å². The summed E-state index contributed by atoms with van der Waals surface area (Å²) in [5, 5.41) is 11.8. The summed E-state index contributed by atoms with van der Waals surface area (Å²) in [4.78, 5) is -0.832. The number of benzene rings is 8. The Balaban J connectivity index is 1.73. The van der Waals surface area contributed by atoms with E-state index >= 15 is 0 Å². The van der Waals surface area contributed by atoms with Crippen LogP contribution in [0, 0.1) is 55.4 Å². The molecular weight excluding hydrogens is 845 g/mol. The fraction of sp³-hybridized carbons (Fsp3) is 0.200. The molecule has 0 unspecified atom stereocenters. The van der Waals surface area contributed by atoms with Crippen molar-refractivity contribution in [2.45, 2.75) is 79.0 Å². The second kappa shape index (κ2) is 19.5. The van der Waals surface area contributed by atoms with Gasteiger partial charge in [0.05, 0.1) is 0 Å². The second-order valence-corrected chi connectivity index (χ2v) is 28.5. The fourth-order valence-corrected chi connectivity index (χ4v) is 28.3. The largest absolute Gasteiger partial charge is 0.0620 e. The molecule has 0 saturated heterocycles. The predicted octanol–water partition coefficient (Wildman–Crippen LogP) is 13.4. The van der Waals surface area contributed by atoms with Gasteiger partial charge in [0, 0.05) is 9.79 Å². The fourth-order valence-electron chi connectivity index (χ4n) is 9.96. The summed E-state index contributed by atoms with van der Waals surface area (Å²) in [6.07, 6.45) is 0. The summed E-state index contributed by atoms with van der Waals surface area (Å²) in [5.74, 6) is 0. The quantitative estimate of drug-likeness (QED) is 0.101. The lowest BCUT2D eigenvalue weighted by Crippen LogP contribution is -2.56. The Bertz CT molecular complexity index is 2340. The van der Waals surface area contributed by atoms with Gasteiger partial charge in [0.1, 0.15) is 0 Å². The molecule has 0 heterocycles. The molecule has 4 heteroatoms. The molecule has 0 fully saturated rings. The van der Waals surface area contributed by atoms with Crippen LogP contribution in [-0.4, -0.2) is 9.79 Å². The second-order valence-electron chi connectivity index (χ2n) is 17.7. The van der Waals surface area contributed by atoms with Crippen LogP contribution in [0.1, 0.15) is 58.4 Å². The zero-order valence-electron chi connectivity index (χ0n) is 39.3. The highest BCUT2D eigenvalue weighted by atomic mass is 31.2. The number of hydrogen-bond donors (Lipinski definition) is 0. The van der Waals surface area contributed by atoms with E-state index in [2.05, 4.69) is 263 Å². The number of hydrogen-bond acceptors (Lipinski definition) is 0. The summed E-state index contributed by atoms with van der Waals surface area (Å²) in [6, 6.07) is 75.5. The molecule has 8 rings (SSSR count). The molecule has 0 spiro atoms. The summed E-state index contributed by atoms with van der Waals surface area (Å²) in [5.41, 5.74) is 10.9. The SMILES string of the molecule is Cc1ccccc1P(c1ccccc1C)C(C)(P(c1ccccc1C)c1ccccc1C)C(C)(P(c1ccccc1C)c1ccccc1C)P(c1ccccc1C)c1ccccc1C. The number of rotatable bonds is 13. The van der Waals surface area contributed by atoms with E-state index in [1.165, 1.54) is 86.9 Å². The average Bonchev–Trinajstić information content (AvgIpc) is 3.29. The molecule has 0 amide bonds. The molecule has 0 atom stereocenters. The monoisotopic (exact) mass is 906 g/mol. The molecule has 322 valence electrons. The molecule has 64 heavy (non-hydrogen) atoms. The van der Waals surface area contributed by atoms with E-state index in [0.717, 1.165) is 0 Å². The van der Waals surface area contributed by atoms with E-state index in [1.807, 2.05) is 0 Å². The van der Waals surface area contributed by atoms with E-state index in [4.69, 9.17) is 0 Å². The highest BCUT2D eigenvalue weighted by molar-refractivity contribution is 7.98. The van der Waals surface area contributed by atoms with Crippen LogP contribution in [0.15, 0.2) is 194 Å². The standard InChI is InChI=1S/C60H62P4/c1-43-27-11-19-35-51(43)61(52-36-20-12-28-44(52)2)59(9,62(53-37-21-13-29-45(53)3)54-38-22-14-30-46(54)4)60(10,63(55-39-23-15-31-47(55)5)56-40-24-16-32-48(56)6)64(57-41-25-17-33-49(57)7)58-42-26-18-34-50(58)8/h11-42H,1-10H3. The minimum atomic E-state index is -1.14. The molecule has 0 bridgehead atoms. The summed E-state index contributed by atoms with van der Waals surface area (Å²) >= 11 is 0. The molecular formula is C60H62P4. The van der Waals surface area contributed by atoms with Crippen LogP contribution in [-0.2, 0) is 0 Å². The third-order valence-electron chi connectivity index (χ3n) is 13.5. The van der Waals surface area contributed by atoms with Crippen LogP contribution in [0.4, 0.5) is 0 Å². The molecule has 0 aliphatic carbocycles. The third kappa shape index (κ3) is 8.32. The van der Waals surface area contributed by atoms with Gasteiger partial charge in [-0.2, -0.15) is 0 Å². The Kier molecular flexibility index (Phi) is 14.0. The Morgan fingerprint density at radius 3 is 0.422 bits per heavy atom. The van der Waals surface area contributed by atoms with Crippen LogP contribution in [0.5, 0.6) is 0 Å². The van der Waals surface area contributed by atoms with Crippen LogP contribution in [0.3, 0.4) is 0 Å². The van der Waals surface area contributed by atoms with Crippen molar-refractivity contribution >= 4 is 74.1 Å². The minimum absolute atomic E-state index is 0.416. The van der Waals surface area contributed by atoms with Gasteiger partial charge in [-0.05, 0) is 188 Å². The van der Waals surface area contributed by atoms with Crippen molar-refractivity contribution in [1.29, 1.82) is 0 Å². The molecule has 0 nitrogen and oxygen atoms in total. The van der Waals surface area contributed by atoms with Crippen LogP contribution in [0.25, 0.3) is 0 Å². The maximum atomic E-state index is 2.82. The Labute approximate surface area is 389 Å². The zero-order valence-corrected chi connectivity index (χ0v) is 42.8. The first kappa shape index (κ1) is 46.0. The predicted molar refractivity (Wildman–Crippen MR) is 291 cm³/mol. The molecule has 0 saturated carbocycles. The van der Waals surface area contributed by atoms with Gasteiger partial charge in [0.2, 0.25) is 0 Å². The Hall–Kier alpha value is -4.52. The first-order valence-corrected chi connectivity index (χ1v) is 27.9. The smallest absolute Gasteiger partial charge is 0.0383 e. The first-order chi connectivity index (χ1) is 30.9. The van der Waals surface area contributed by atoms with E-state index in [9.17, 15) is 0 Å². The van der Waals surface area contributed by atoms with Gasteiger partial charge < -0.3 is 0 Å². The van der Waals surface area contributed by atoms with Crippen molar-refractivity contribution in [2.75, 3.05) is 0 Å². The van der Waals surface area contributed by atoms with Crippen molar-refractivity contribution < 1.29 is 0 Å². The molecule has 8 aromatic carbocycles. The highest BCUT2D eigenvalue weighted by Crippen LogP contribution is 2.83. The van der Waals surface area contributed by atoms with Crippen molar-refractivity contribution in [3.8, 4) is 0 Å².